The van der Waals surface area contributed by atoms with Crippen LogP contribution in [0.3, 0.4) is 0 Å². The van der Waals surface area contributed by atoms with E-state index < -0.39 is 5.97 Å². The van der Waals surface area contributed by atoms with Gasteiger partial charge in [0, 0.05) is 12.2 Å². The molecule has 0 atom stereocenters. The van der Waals surface area contributed by atoms with Gasteiger partial charge in [0.1, 0.15) is 5.70 Å². The molecule has 2 rings (SSSR count). The Hall–Kier alpha value is -2.34. The minimum Gasteiger partial charge on any atom is -0.466 e. The number of nitrogens with one attached hydrogen (secondary N) is 1. The maximum atomic E-state index is 12.4. The van der Waals surface area contributed by atoms with Crippen LogP contribution in [-0.4, -0.2) is 48.7 Å². The number of aliphatic hydroxyl groups excluding tert-OH is 1. The van der Waals surface area contributed by atoms with E-state index in [-0.39, 0.29) is 36.9 Å². The van der Waals surface area contributed by atoms with Crippen LogP contribution >= 0.6 is 0 Å². The lowest BCUT2D eigenvalue weighted by Gasteiger charge is -2.15. The molecule has 0 saturated heterocycles. The monoisotopic (exact) mass is 304 g/mol. The summed E-state index contributed by atoms with van der Waals surface area (Å²) < 4.78 is 4.74. The molecule has 0 saturated carbocycles. The summed E-state index contributed by atoms with van der Waals surface area (Å²) in [5.74, 6) is -0.854. The number of carbonyl (C=O) groups excluding carboxylic acids is 2. The third-order valence-corrected chi connectivity index (χ3v) is 3.73. The van der Waals surface area contributed by atoms with Gasteiger partial charge in [0.2, 0.25) is 0 Å². The molecule has 2 N–H and O–H groups in total. The quantitative estimate of drug-likeness (QED) is 0.793. The van der Waals surface area contributed by atoms with Crippen molar-refractivity contribution in [3.8, 4) is 0 Å². The Labute approximate surface area is 129 Å². The van der Waals surface area contributed by atoms with Crippen molar-refractivity contribution in [1.82, 2.24) is 4.90 Å². The van der Waals surface area contributed by atoms with Gasteiger partial charge in [0.15, 0.2) is 0 Å². The number of aliphatic hydroxyl groups is 1. The van der Waals surface area contributed by atoms with Gasteiger partial charge in [-0.3, -0.25) is 4.79 Å². The minimum atomic E-state index is -0.542. The number of carbonyl (C=O) groups is 2. The number of aryl methyl sites for hydroxylation is 2. The van der Waals surface area contributed by atoms with Crippen LogP contribution < -0.4 is 5.32 Å². The van der Waals surface area contributed by atoms with Crippen molar-refractivity contribution in [3.05, 3.63) is 40.6 Å². The van der Waals surface area contributed by atoms with Gasteiger partial charge >= 0.3 is 5.97 Å². The van der Waals surface area contributed by atoms with Crippen molar-refractivity contribution in [2.24, 2.45) is 0 Å². The van der Waals surface area contributed by atoms with Crippen LogP contribution in [0.5, 0.6) is 0 Å². The molecular weight excluding hydrogens is 284 g/mol. The van der Waals surface area contributed by atoms with Crippen LogP contribution in [0, 0.1) is 13.8 Å². The fourth-order valence-electron chi connectivity index (χ4n) is 2.31. The summed E-state index contributed by atoms with van der Waals surface area (Å²) in [6, 6.07) is 5.71. The van der Waals surface area contributed by atoms with Crippen molar-refractivity contribution >= 4 is 17.6 Å². The van der Waals surface area contributed by atoms with Gasteiger partial charge in [-0.25, -0.2) is 4.79 Å². The number of benzene rings is 1. The minimum absolute atomic E-state index is 0.138. The molecule has 1 amide bonds. The van der Waals surface area contributed by atoms with E-state index in [4.69, 9.17) is 9.84 Å². The Bertz CT molecular complexity index is 637. The summed E-state index contributed by atoms with van der Waals surface area (Å²) in [5, 5.41) is 12.0. The summed E-state index contributed by atoms with van der Waals surface area (Å²) in [4.78, 5) is 25.7. The van der Waals surface area contributed by atoms with Gasteiger partial charge in [0.25, 0.3) is 5.91 Å². The van der Waals surface area contributed by atoms with Gasteiger partial charge in [-0.05, 0) is 37.1 Å². The summed E-state index contributed by atoms with van der Waals surface area (Å²) in [6.07, 6.45) is 0. The first-order valence-corrected chi connectivity index (χ1v) is 7.03. The van der Waals surface area contributed by atoms with Gasteiger partial charge in [0.05, 0.1) is 25.8 Å². The van der Waals surface area contributed by atoms with E-state index in [0.717, 1.165) is 16.8 Å². The van der Waals surface area contributed by atoms with E-state index in [1.807, 2.05) is 32.0 Å². The number of hydrogen-bond acceptors (Lipinski definition) is 5. The first-order chi connectivity index (χ1) is 10.5. The molecule has 0 aliphatic carbocycles. The lowest BCUT2D eigenvalue weighted by atomic mass is 10.1. The topological polar surface area (TPSA) is 78.9 Å². The van der Waals surface area contributed by atoms with Crippen molar-refractivity contribution in [3.63, 3.8) is 0 Å². The molecule has 6 nitrogen and oxygen atoms in total. The molecule has 118 valence electrons. The average molecular weight is 304 g/mol. The van der Waals surface area contributed by atoms with E-state index in [9.17, 15) is 9.59 Å². The number of esters is 1. The molecule has 0 aromatic heterocycles. The molecule has 0 unspecified atom stereocenters. The second-order valence-corrected chi connectivity index (χ2v) is 5.22. The van der Waals surface area contributed by atoms with Crippen LogP contribution in [0.1, 0.15) is 11.1 Å². The smallest absolute Gasteiger partial charge is 0.337 e. The molecule has 0 bridgehead atoms. The van der Waals surface area contributed by atoms with Crippen molar-refractivity contribution in [2.75, 3.05) is 32.1 Å². The number of β-amino-alcohol motifs (C(OH)–C–C–N with tert-alkyl or cyclic N) is 1. The third kappa shape index (κ3) is 3.12. The standard InChI is InChI=1S/C16H20N2O4/c1-10-4-5-12(8-11(10)2)17-14-13(16(21)22-3)9-18(6-7-19)15(14)20/h4-5,8,17,19H,6-7,9H2,1-3H3. The number of amides is 1. The van der Waals surface area contributed by atoms with Crippen LogP contribution in [0.25, 0.3) is 0 Å². The van der Waals surface area contributed by atoms with Crippen LogP contribution in [-0.2, 0) is 14.3 Å². The number of nitrogens with zero attached hydrogens (tertiary/aromatic N) is 1. The van der Waals surface area contributed by atoms with Crippen LogP contribution in [0.2, 0.25) is 0 Å². The lowest BCUT2D eigenvalue weighted by molar-refractivity contribution is -0.136. The van der Waals surface area contributed by atoms with Crippen molar-refractivity contribution < 1.29 is 19.4 Å². The number of hydrogen-bond donors (Lipinski definition) is 2. The number of rotatable bonds is 5. The largest absolute Gasteiger partial charge is 0.466 e. The average Bonchev–Trinajstić information content (AvgIpc) is 2.80. The maximum Gasteiger partial charge on any atom is 0.337 e. The summed E-state index contributed by atoms with van der Waals surface area (Å²) >= 11 is 0. The van der Waals surface area contributed by atoms with Gasteiger partial charge in [-0.15, -0.1) is 0 Å². The van der Waals surface area contributed by atoms with Gasteiger partial charge in [-0.2, -0.15) is 0 Å². The molecule has 22 heavy (non-hydrogen) atoms. The molecule has 6 heteroatoms. The van der Waals surface area contributed by atoms with E-state index in [2.05, 4.69) is 5.32 Å². The van der Waals surface area contributed by atoms with Gasteiger partial charge < -0.3 is 20.1 Å². The number of methoxy groups -OCH3 is 1. The molecule has 1 aromatic carbocycles. The van der Waals surface area contributed by atoms with Crippen molar-refractivity contribution in [1.29, 1.82) is 0 Å². The number of anilines is 1. The fraction of sp³-hybridized carbons (Fsp3) is 0.375. The predicted molar refractivity (Wildman–Crippen MR) is 82.2 cm³/mol. The molecule has 1 heterocycles. The molecule has 0 radical (unpaired) electrons. The zero-order valence-electron chi connectivity index (χ0n) is 13.0. The van der Waals surface area contributed by atoms with E-state index >= 15 is 0 Å². The highest BCUT2D eigenvalue weighted by Crippen LogP contribution is 2.23. The molecular formula is C16H20N2O4. The first kappa shape index (κ1) is 16.0. The first-order valence-electron chi connectivity index (χ1n) is 7.03. The Morgan fingerprint density at radius 1 is 1.36 bits per heavy atom. The summed E-state index contributed by atoms with van der Waals surface area (Å²) in [7, 11) is 1.28. The van der Waals surface area contributed by atoms with Crippen LogP contribution in [0.4, 0.5) is 5.69 Å². The molecule has 0 fully saturated rings. The molecule has 1 aliphatic heterocycles. The molecule has 1 aliphatic rings. The second kappa shape index (κ2) is 6.62. The van der Waals surface area contributed by atoms with Crippen molar-refractivity contribution in [2.45, 2.75) is 13.8 Å². The van der Waals surface area contributed by atoms with Crippen LogP contribution in [0.15, 0.2) is 29.5 Å². The van der Waals surface area contributed by atoms with E-state index in [1.165, 1.54) is 12.0 Å². The fourth-order valence-corrected chi connectivity index (χ4v) is 2.31. The SMILES string of the molecule is COC(=O)C1=C(Nc2ccc(C)c(C)c2)C(=O)N(CCO)C1. The second-order valence-electron chi connectivity index (χ2n) is 5.22. The highest BCUT2D eigenvalue weighted by Gasteiger charge is 2.34. The summed E-state index contributed by atoms with van der Waals surface area (Å²) in [6.45, 7) is 4.14. The zero-order chi connectivity index (χ0) is 16.3. The third-order valence-electron chi connectivity index (χ3n) is 3.73. The predicted octanol–water partition coefficient (Wildman–Crippen LogP) is 0.977. The normalized spacial score (nSPS) is 14.5. The molecule has 1 aromatic rings. The summed E-state index contributed by atoms with van der Waals surface area (Å²) in [5.41, 5.74) is 3.46. The Morgan fingerprint density at radius 3 is 2.68 bits per heavy atom. The Kier molecular flexibility index (Phi) is 4.82. The number of ether oxygens (including phenoxy) is 1. The molecule has 0 spiro atoms. The van der Waals surface area contributed by atoms with Gasteiger partial charge in [-0.1, -0.05) is 6.07 Å². The highest BCUT2D eigenvalue weighted by molar-refractivity contribution is 6.08. The Balaban J connectivity index is 2.32. The lowest BCUT2D eigenvalue weighted by Crippen LogP contribution is -2.31. The van der Waals surface area contributed by atoms with E-state index in [0.29, 0.717) is 0 Å². The Morgan fingerprint density at radius 2 is 2.09 bits per heavy atom. The zero-order valence-corrected chi connectivity index (χ0v) is 13.0. The van der Waals surface area contributed by atoms with E-state index in [1.54, 1.807) is 0 Å². The maximum absolute atomic E-state index is 12.4. The highest BCUT2D eigenvalue weighted by atomic mass is 16.5.